The molecule has 4 nitrogen and oxygen atoms in total. The molecule has 3 N–H and O–H groups in total. The largest absolute Gasteiger partial charge is 0.397 e. The zero-order chi connectivity index (χ0) is 13.0. The first-order valence-corrected chi connectivity index (χ1v) is 7.43. The minimum atomic E-state index is -0.742. The first kappa shape index (κ1) is 12.8. The maximum absolute atomic E-state index is 11.4. The average molecular weight is 263 g/mol. The number of aromatic nitrogens is 1. The number of nitrogens with one attached hydrogen (secondary N) is 1. The van der Waals surface area contributed by atoms with Crippen molar-refractivity contribution < 1.29 is 4.21 Å². The second-order valence-corrected chi connectivity index (χ2v) is 5.83. The molecule has 0 radical (unpaired) electrons. The normalized spacial score (nSPS) is 12.5. The fourth-order valence-electron chi connectivity index (χ4n) is 1.80. The van der Waals surface area contributed by atoms with E-state index in [9.17, 15) is 4.21 Å². The molecule has 0 fully saturated rings. The van der Waals surface area contributed by atoms with Gasteiger partial charge in [-0.05, 0) is 12.1 Å². The minimum Gasteiger partial charge on any atom is -0.397 e. The van der Waals surface area contributed by atoms with Crippen molar-refractivity contribution in [3.8, 4) is 0 Å². The molecule has 18 heavy (non-hydrogen) atoms. The van der Waals surface area contributed by atoms with E-state index in [1.807, 2.05) is 31.2 Å². The quantitative estimate of drug-likeness (QED) is 0.810. The van der Waals surface area contributed by atoms with Crippen LogP contribution in [0.3, 0.4) is 0 Å². The number of nitrogens with zero attached hydrogens (tertiary/aromatic N) is 1. The number of pyridine rings is 1. The summed E-state index contributed by atoms with van der Waals surface area (Å²) in [7, 11) is -0.742. The molecule has 0 spiro atoms. The second kappa shape index (κ2) is 5.82. The van der Waals surface area contributed by atoms with Crippen LogP contribution in [-0.2, 0) is 10.8 Å². The molecular weight excluding hydrogens is 246 g/mol. The lowest BCUT2D eigenvalue weighted by Gasteiger charge is -2.09. The lowest BCUT2D eigenvalue weighted by atomic mass is 10.1. The van der Waals surface area contributed by atoms with Crippen LogP contribution in [0.25, 0.3) is 10.9 Å². The van der Waals surface area contributed by atoms with Crippen molar-refractivity contribution in [3.63, 3.8) is 0 Å². The van der Waals surface area contributed by atoms with Crippen molar-refractivity contribution in [2.45, 2.75) is 6.92 Å². The van der Waals surface area contributed by atoms with Crippen molar-refractivity contribution in [1.82, 2.24) is 4.98 Å². The van der Waals surface area contributed by atoms with Gasteiger partial charge in [-0.15, -0.1) is 0 Å². The highest BCUT2D eigenvalue weighted by Gasteiger charge is 2.04. The molecule has 0 aliphatic rings. The Hall–Kier alpha value is -1.62. The van der Waals surface area contributed by atoms with Gasteiger partial charge >= 0.3 is 0 Å². The van der Waals surface area contributed by atoms with Gasteiger partial charge in [-0.2, -0.15) is 0 Å². The van der Waals surface area contributed by atoms with Crippen molar-refractivity contribution in [2.24, 2.45) is 0 Å². The van der Waals surface area contributed by atoms with E-state index in [4.69, 9.17) is 5.73 Å². The summed E-state index contributed by atoms with van der Waals surface area (Å²) in [4.78, 5) is 4.28. The highest BCUT2D eigenvalue weighted by molar-refractivity contribution is 7.84. The van der Waals surface area contributed by atoms with Gasteiger partial charge in [-0.3, -0.25) is 9.19 Å². The molecule has 0 saturated carbocycles. The average Bonchev–Trinajstić information content (AvgIpc) is 2.39. The van der Waals surface area contributed by atoms with Crippen LogP contribution in [0.1, 0.15) is 6.92 Å². The molecule has 0 aliphatic heterocycles. The molecule has 0 bridgehead atoms. The Bertz CT molecular complexity index is 571. The third-order valence-electron chi connectivity index (χ3n) is 2.77. The monoisotopic (exact) mass is 263 g/mol. The van der Waals surface area contributed by atoms with E-state index in [1.165, 1.54) is 0 Å². The lowest BCUT2D eigenvalue weighted by molar-refractivity contribution is 0.684. The Labute approximate surface area is 109 Å². The zero-order valence-electron chi connectivity index (χ0n) is 10.3. The summed E-state index contributed by atoms with van der Waals surface area (Å²) in [5, 5.41) is 4.29. The van der Waals surface area contributed by atoms with E-state index in [1.54, 1.807) is 6.20 Å². The second-order valence-electron chi connectivity index (χ2n) is 3.96. The molecule has 2 rings (SSSR count). The number of benzene rings is 1. The summed E-state index contributed by atoms with van der Waals surface area (Å²) in [6.45, 7) is 2.62. The number of anilines is 2. The van der Waals surface area contributed by atoms with Crippen LogP contribution in [0.15, 0.2) is 30.5 Å². The predicted molar refractivity (Wildman–Crippen MR) is 78.2 cm³/mol. The fourth-order valence-corrected chi connectivity index (χ4v) is 2.42. The molecule has 0 aliphatic carbocycles. The van der Waals surface area contributed by atoms with Crippen LogP contribution in [0, 0.1) is 0 Å². The van der Waals surface area contributed by atoms with Crippen LogP contribution in [0.2, 0.25) is 0 Å². The number of para-hydroxylation sites is 1. The Kier molecular flexibility index (Phi) is 4.15. The van der Waals surface area contributed by atoms with Gasteiger partial charge in [0.2, 0.25) is 0 Å². The SMILES string of the molecule is CCS(=O)CCNc1ccnc2c(N)cccc12. The summed E-state index contributed by atoms with van der Waals surface area (Å²) in [5.74, 6) is 1.36. The van der Waals surface area contributed by atoms with Crippen LogP contribution >= 0.6 is 0 Å². The summed E-state index contributed by atoms with van der Waals surface area (Å²) >= 11 is 0. The molecule has 96 valence electrons. The molecule has 0 amide bonds. The predicted octanol–water partition coefficient (Wildman–Crippen LogP) is 2.00. The fraction of sp³-hybridized carbons (Fsp3) is 0.308. The molecule has 0 saturated heterocycles. The van der Waals surface area contributed by atoms with E-state index in [2.05, 4.69) is 10.3 Å². The van der Waals surface area contributed by atoms with Gasteiger partial charge in [0.1, 0.15) is 0 Å². The number of hydrogen-bond acceptors (Lipinski definition) is 4. The van der Waals surface area contributed by atoms with Crippen LogP contribution in [0.5, 0.6) is 0 Å². The molecular formula is C13H17N3OS. The molecule has 1 aromatic heterocycles. The Morgan fingerprint density at radius 2 is 2.22 bits per heavy atom. The molecule has 2 aromatic rings. The van der Waals surface area contributed by atoms with E-state index < -0.39 is 10.8 Å². The van der Waals surface area contributed by atoms with Gasteiger partial charge in [0.15, 0.2) is 0 Å². The van der Waals surface area contributed by atoms with Crippen molar-refractivity contribution in [1.29, 1.82) is 0 Å². The maximum Gasteiger partial charge on any atom is 0.0951 e. The van der Waals surface area contributed by atoms with Crippen molar-refractivity contribution in [3.05, 3.63) is 30.5 Å². The van der Waals surface area contributed by atoms with E-state index >= 15 is 0 Å². The topological polar surface area (TPSA) is 68.0 Å². The molecule has 1 aromatic carbocycles. The molecule has 1 unspecified atom stereocenters. The number of rotatable bonds is 5. The summed E-state index contributed by atoms with van der Waals surface area (Å²) < 4.78 is 11.4. The summed E-state index contributed by atoms with van der Waals surface area (Å²) in [5.41, 5.74) is 8.35. The van der Waals surface area contributed by atoms with Gasteiger partial charge in [0.25, 0.3) is 0 Å². The molecule has 5 heteroatoms. The van der Waals surface area contributed by atoms with Gasteiger partial charge in [0, 0.05) is 46.1 Å². The van der Waals surface area contributed by atoms with Crippen LogP contribution < -0.4 is 11.1 Å². The molecule has 1 heterocycles. The number of nitrogen functional groups attached to an aromatic ring is 1. The van der Waals surface area contributed by atoms with Gasteiger partial charge in [-0.1, -0.05) is 19.1 Å². The third-order valence-corrected chi connectivity index (χ3v) is 4.07. The third kappa shape index (κ3) is 2.79. The minimum absolute atomic E-state index is 0.655. The van der Waals surface area contributed by atoms with Crippen molar-refractivity contribution >= 4 is 33.1 Å². The van der Waals surface area contributed by atoms with Gasteiger partial charge in [-0.25, -0.2) is 0 Å². The lowest BCUT2D eigenvalue weighted by Crippen LogP contribution is -2.12. The highest BCUT2D eigenvalue weighted by Crippen LogP contribution is 2.25. The Morgan fingerprint density at radius 1 is 1.39 bits per heavy atom. The highest BCUT2D eigenvalue weighted by atomic mass is 32.2. The first-order valence-electron chi connectivity index (χ1n) is 5.94. The summed E-state index contributed by atoms with van der Waals surface area (Å²) in [6, 6.07) is 7.65. The standard InChI is InChI=1S/C13H17N3OS/c1-2-18(17)9-8-15-12-6-7-16-13-10(12)4-3-5-11(13)14/h3-7H,2,8-9,14H2,1H3,(H,15,16). The van der Waals surface area contributed by atoms with E-state index in [0.717, 1.165) is 16.6 Å². The summed E-state index contributed by atoms with van der Waals surface area (Å²) in [6.07, 6.45) is 1.73. The van der Waals surface area contributed by atoms with Gasteiger partial charge in [0.05, 0.1) is 11.2 Å². The van der Waals surface area contributed by atoms with Crippen LogP contribution in [0.4, 0.5) is 11.4 Å². The van der Waals surface area contributed by atoms with E-state index in [-0.39, 0.29) is 0 Å². The number of hydrogen-bond donors (Lipinski definition) is 2. The van der Waals surface area contributed by atoms with Gasteiger partial charge < -0.3 is 11.1 Å². The zero-order valence-corrected chi connectivity index (χ0v) is 11.2. The Morgan fingerprint density at radius 3 is 3.00 bits per heavy atom. The molecule has 1 atom stereocenters. The number of nitrogens with two attached hydrogens (primary N) is 1. The number of fused-ring (bicyclic) bond motifs is 1. The van der Waals surface area contributed by atoms with Crippen LogP contribution in [-0.4, -0.2) is 27.2 Å². The Balaban J connectivity index is 2.18. The first-order chi connectivity index (χ1) is 8.72. The smallest absolute Gasteiger partial charge is 0.0951 e. The van der Waals surface area contributed by atoms with Crippen molar-refractivity contribution in [2.75, 3.05) is 29.1 Å². The van der Waals surface area contributed by atoms with E-state index in [0.29, 0.717) is 23.7 Å². The maximum atomic E-state index is 11.4.